The third-order valence-electron chi connectivity index (χ3n) is 3.41. The number of benzene rings is 1. The summed E-state index contributed by atoms with van der Waals surface area (Å²) in [4.78, 5) is 0. The Morgan fingerprint density at radius 3 is 2.75 bits per heavy atom. The van der Waals surface area contributed by atoms with Crippen LogP contribution < -0.4 is 5.32 Å². The van der Waals surface area contributed by atoms with Gasteiger partial charge in [-0.1, -0.05) is 29.8 Å². The summed E-state index contributed by atoms with van der Waals surface area (Å²) in [6.07, 6.45) is 3.14. The summed E-state index contributed by atoms with van der Waals surface area (Å²) in [6.45, 7) is 1.86. The molecule has 1 saturated heterocycles. The number of hydrogen-bond donors (Lipinski definition) is 1. The molecule has 1 N–H and O–H groups in total. The summed E-state index contributed by atoms with van der Waals surface area (Å²) in [5, 5.41) is 4.26. The Morgan fingerprint density at radius 2 is 2.00 bits per heavy atom. The van der Waals surface area contributed by atoms with Gasteiger partial charge in [-0.15, -0.1) is 0 Å². The van der Waals surface area contributed by atoms with Crippen molar-refractivity contribution in [3.8, 4) is 0 Å². The van der Waals surface area contributed by atoms with Crippen LogP contribution in [0.3, 0.4) is 0 Å². The standard InChI is InChI=1S/C13H16ClNO/c14-11-4-2-1-3-10(11)13-8-15-7-12(16-13)9-5-6-9/h1-4,9,12-13,15H,5-8H2. The summed E-state index contributed by atoms with van der Waals surface area (Å²) in [5.41, 5.74) is 1.11. The van der Waals surface area contributed by atoms with Crippen LogP contribution in [0.4, 0.5) is 0 Å². The lowest BCUT2D eigenvalue weighted by molar-refractivity contribution is -0.0493. The van der Waals surface area contributed by atoms with Crippen molar-refractivity contribution in [2.24, 2.45) is 5.92 Å². The van der Waals surface area contributed by atoms with Gasteiger partial charge in [-0.3, -0.25) is 0 Å². The Balaban J connectivity index is 1.76. The van der Waals surface area contributed by atoms with E-state index in [-0.39, 0.29) is 6.10 Å². The van der Waals surface area contributed by atoms with E-state index in [0.717, 1.165) is 29.6 Å². The summed E-state index contributed by atoms with van der Waals surface area (Å²) < 4.78 is 6.13. The Bertz CT molecular complexity index is 378. The smallest absolute Gasteiger partial charge is 0.0968 e. The van der Waals surface area contributed by atoms with Gasteiger partial charge in [-0.05, 0) is 24.8 Å². The molecule has 3 heteroatoms. The van der Waals surface area contributed by atoms with Crippen molar-refractivity contribution >= 4 is 11.6 Å². The number of ether oxygens (including phenoxy) is 1. The highest BCUT2D eigenvalue weighted by atomic mass is 35.5. The minimum absolute atomic E-state index is 0.119. The lowest BCUT2D eigenvalue weighted by atomic mass is 10.1. The molecule has 1 saturated carbocycles. The molecule has 1 aromatic carbocycles. The zero-order valence-corrected chi connectivity index (χ0v) is 9.91. The molecule has 2 nitrogen and oxygen atoms in total. The maximum atomic E-state index is 6.19. The maximum absolute atomic E-state index is 6.19. The number of nitrogens with one attached hydrogen (secondary N) is 1. The van der Waals surface area contributed by atoms with Crippen molar-refractivity contribution in [2.45, 2.75) is 25.0 Å². The molecule has 3 rings (SSSR count). The molecule has 0 bridgehead atoms. The van der Waals surface area contributed by atoms with E-state index in [2.05, 4.69) is 11.4 Å². The molecule has 1 aliphatic carbocycles. The average molecular weight is 238 g/mol. The Morgan fingerprint density at radius 1 is 1.19 bits per heavy atom. The largest absolute Gasteiger partial charge is 0.367 e. The van der Waals surface area contributed by atoms with E-state index in [9.17, 15) is 0 Å². The van der Waals surface area contributed by atoms with E-state index in [4.69, 9.17) is 16.3 Å². The van der Waals surface area contributed by atoms with E-state index < -0.39 is 0 Å². The van der Waals surface area contributed by atoms with E-state index in [1.807, 2.05) is 18.2 Å². The predicted molar refractivity (Wildman–Crippen MR) is 64.7 cm³/mol. The van der Waals surface area contributed by atoms with Gasteiger partial charge in [0.2, 0.25) is 0 Å². The first-order valence-corrected chi connectivity index (χ1v) is 6.33. The highest BCUT2D eigenvalue weighted by Crippen LogP contribution is 2.38. The van der Waals surface area contributed by atoms with Crippen LogP contribution in [0.25, 0.3) is 0 Å². The van der Waals surface area contributed by atoms with Gasteiger partial charge in [0.25, 0.3) is 0 Å². The van der Waals surface area contributed by atoms with Gasteiger partial charge in [0.05, 0.1) is 12.2 Å². The molecule has 2 unspecified atom stereocenters. The number of morpholine rings is 1. The topological polar surface area (TPSA) is 21.3 Å². The third-order valence-corrected chi connectivity index (χ3v) is 3.76. The van der Waals surface area contributed by atoms with Crippen LogP contribution in [-0.2, 0) is 4.74 Å². The quantitative estimate of drug-likeness (QED) is 0.854. The van der Waals surface area contributed by atoms with Crippen molar-refractivity contribution in [3.63, 3.8) is 0 Å². The van der Waals surface area contributed by atoms with Crippen molar-refractivity contribution in [1.29, 1.82) is 0 Å². The molecular weight excluding hydrogens is 222 g/mol. The van der Waals surface area contributed by atoms with Crippen LogP contribution in [0.15, 0.2) is 24.3 Å². The van der Waals surface area contributed by atoms with Gasteiger partial charge in [0.15, 0.2) is 0 Å². The summed E-state index contributed by atoms with van der Waals surface area (Å²) in [7, 11) is 0. The minimum atomic E-state index is 0.119. The van der Waals surface area contributed by atoms with Crippen LogP contribution in [0.5, 0.6) is 0 Å². The maximum Gasteiger partial charge on any atom is 0.0968 e. The molecule has 1 heterocycles. The number of hydrogen-bond acceptors (Lipinski definition) is 2. The molecule has 0 amide bonds. The molecule has 2 atom stereocenters. The van der Waals surface area contributed by atoms with Gasteiger partial charge >= 0.3 is 0 Å². The highest BCUT2D eigenvalue weighted by molar-refractivity contribution is 6.31. The van der Waals surface area contributed by atoms with Crippen molar-refractivity contribution < 1.29 is 4.74 Å². The summed E-state index contributed by atoms with van der Waals surface area (Å²) in [6, 6.07) is 7.97. The van der Waals surface area contributed by atoms with E-state index >= 15 is 0 Å². The van der Waals surface area contributed by atoms with Gasteiger partial charge in [-0.2, -0.15) is 0 Å². The number of rotatable bonds is 2. The highest BCUT2D eigenvalue weighted by Gasteiger charge is 2.36. The monoisotopic (exact) mass is 237 g/mol. The average Bonchev–Trinajstić information content (AvgIpc) is 3.14. The van der Waals surface area contributed by atoms with Gasteiger partial charge in [-0.25, -0.2) is 0 Å². The predicted octanol–water partition coefficient (Wildman–Crippen LogP) is 2.78. The van der Waals surface area contributed by atoms with Crippen molar-refractivity contribution in [2.75, 3.05) is 13.1 Å². The zero-order valence-electron chi connectivity index (χ0n) is 9.16. The first-order chi connectivity index (χ1) is 7.84. The fourth-order valence-electron chi connectivity index (χ4n) is 2.33. The Kier molecular flexibility index (Phi) is 2.88. The van der Waals surface area contributed by atoms with Crippen molar-refractivity contribution in [1.82, 2.24) is 5.32 Å². The fourth-order valence-corrected chi connectivity index (χ4v) is 2.59. The second-order valence-electron chi connectivity index (χ2n) is 4.68. The molecule has 1 aliphatic heterocycles. The van der Waals surface area contributed by atoms with Crippen LogP contribution in [-0.4, -0.2) is 19.2 Å². The van der Waals surface area contributed by atoms with E-state index in [1.54, 1.807) is 0 Å². The molecular formula is C13H16ClNO. The third kappa shape index (κ3) is 2.10. The molecule has 16 heavy (non-hydrogen) atoms. The molecule has 2 fully saturated rings. The van der Waals surface area contributed by atoms with Crippen molar-refractivity contribution in [3.05, 3.63) is 34.9 Å². The first-order valence-electron chi connectivity index (χ1n) is 5.95. The molecule has 2 aliphatic rings. The molecule has 0 radical (unpaired) electrons. The van der Waals surface area contributed by atoms with Crippen LogP contribution in [0.2, 0.25) is 5.02 Å². The molecule has 1 aromatic rings. The Hall–Kier alpha value is -0.570. The minimum Gasteiger partial charge on any atom is -0.367 e. The van der Waals surface area contributed by atoms with Gasteiger partial charge < -0.3 is 10.1 Å². The lowest BCUT2D eigenvalue weighted by Gasteiger charge is -2.31. The summed E-state index contributed by atoms with van der Waals surface area (Å²) >= 11 is 6.19. The number of halogens is 1. The second kappa shape index (κ2) is 4.36. The van der Waals surface area contributed by atoms with Crippen LogP contribution in [0.1, 0.15) is 24.5 Å². The lowest BCUT2D eigenvalue weighted by Crippen LogP contribution is -2.41. The second-order valence-corrected chi connectivity index (χ2v) is 5.09. The van der Waals surface area contributed by atoms with Crippen LogP contribution in [0, 0.1) is 5.92 Å². The summed E-state index contributed by atoms with van der Waals surface area (Å²) in [5.74, 6) is 0.776. The van der Waals surface area contributed by atoms with Gasteiger partial charge in [0, 0.05) is 23.7 Å². The Labute approximate surface area is 101 Å². The normalized spacial score (nSPS) is 30.3. The van der Waals surface area contributed by atoms with E-state index in [0.29, 0.717) is 6.10 Å². The molecule has 0 spiro atoms. The SMILES string of the molecule is Clc1ccccc1C1CNCC(C2CC2)O1. The fraction of sp³-hybridized carbons (Fsp3) is 0.538. The molecule has 86 valence electrons. The van der Waals surface area contributed by atoms with Gasteiger partial charge in [0.1, 0.15) is 0 Å². The first kappa shape index (κ1) is 10.6. The van der Waals surface area contributed by atoms with E-state index in [1.165, 1.54) is 12.8 Å². The van der Waals surface area contributed by atoms with Crippen LogP contribution >= 0.6 is 11.6 Å². The molecule has 0 aromatic heterocycles. The zero-order chi connectivity index (χ0) is 11.0.